The highest BCUT2D eigenvalue weighted by Gasteiger charge is 2.35. The smallest absolute Gasteiger partial charge is 0.293 e. The number of allylic oxidation sites excluding steroid dienone is 2. The third-order valence-electron chi connectivity index (χ3n) is 3.30. The lowest BCUT2D eigenvalue weighted by Crippen LogP contribution is -2.27. The maximum atomic E-state index is 12.4. The summed E-state index contributed by atoms with van der Waals surface area (Å²) in [6.45, 7) is 0.0441. The van der Waals surface area contributed by atoms with E-state index in [9.17, 15) is 9.59 Å². The number of rotatable bonds is 4. The molecule has 1 saturated heterocycles. The van der Waals surface area contributed by atoms with Gasteiger partial charge in [-0.25, -0.2) is 0 Å². The molecular formula is C17H11Cl2NO3S. The number of imide groups is 1. The van der Waals surface area contributed by atoms with Crippen molar-refractivity contribution in [3.8, 4) is 0 Å². The molecule has 0 atom stereocenters. The van der Waals surface area contributed by atoms with Crippen LogP contribution in [0, 0.1) is 0 Å². The van der Waals surface area contributed by atoms with Crippen LogP contribution in [0.1, 0.15) is 11.3 Å². The quantitative estimate of drug-likeness (QED) is 0.669. The maximum Gasteiger partial charge on any atom is 0.293 e. The van der Waals surface area contributed by atoms with E-state index in [4.69, 9.17) is 27.6 Å². The van der Waals surface area contributed by atoms with Gasteiger partial charge in [-0.2, -0.15) is 0 Å². The van der Waals surface area contributed by atoms with Gasteiger partial charge < -0.3 is 4.42 Å². The minimum absolute atomic E-state index is 0.0441. The van der Waals surface area contributed by atoms with Gasteiger partial charge in [-0.3, -0.25) is 14.5 Å². The van der Waals surface area contributed by atoms with Gasteiger partial charge >= 0.3 is 0 Å². The van der Waals surface area contributed by atoms with Gasteiger partial charge in [0, 0.05) is 15.6 Å². The van der Waals surface area contributed by atoms with Crippen LogP contribution in [-0.4, -0.2) is 16.0 Å². The van der Waals surface area contributed by atoms with Crippen LogP contribution in [0.3, 0.4) is 0 Å². The molecule has 2 amide bonds. The van der Waals surface area contributed by atoms with E-state index in [1.807, 2.05) is 0 Å². The number of thioether (sulfide) groups is 1. The van der Waals surface area contributed by atoms with Crippen LogP contribution in [0.15, 0.2) is 58.1 Å². The van der Waals surface area contributed by atoms with Gasteiger partial charge in [-0.05, 0) is 48.2 Å². The Morgan fingerprint density at radius 2 is 1.88 bits per heavy atom. The van der Waals surface area contributed by atoms with Crippen molar-refractivity contribution in [3.63, 3.8) is 0 Å². The van der Waals surface area contributed by atoms with Gasteiger partial charge in [0.05, 0.1) is 17.7 Å². The Balaban J connectivity index is 1.77. The van der Waals surface area contributed by atoms with Gasteiger partial charge in [0.2, 0.25) is 0 Å². The fourth-order valence-corrected chi connectivity index (χ4v) is 3.42. The standard InChI is InChI=1S/C17H11Cl2NO3S/c18-13-6-2-7-14(19)12(13)10-20-16(21)15(24-17(20)22)8-1-4-11-5-3-9-23-11/h1-9H,10H2/b4-1+,15-8-. The lowest BCUT2D eigenvalue weighted by molar-refractivity contribution is -0.123. The highest BCUT2D eigenvalue weighted by molar-refractivity contribution is 8.18. The third-order valence-corrected chi connectivity index (χ3v) is 4.94. The molecule has 0 saturated carbocycles. The van der Waals surface area contributed by atoms with Gasteiger partial charge in [-0.1, -0.05) is 35.3 Å². The van der Waals surface area contributed by atoms with Crippen molar-refractivity contribution in [1.82, 2.24) is 4.90 Å². The van der Waals surface area contributed by atoms with E-state index in [-0.39, 0.29) is 17.7 Å². The topological polar surface area (TPSA) is 50.5 Å². The van der Waals surface area contributed by atoms with Crippen LogP contribution in [0.2, 0.25) is 10.0 Å². The second-order valence-electron chi connectivity index (χ2n) is 4.86. The molecule has 0 bridgehead atoms. The number of nitrogens with zero attached hydrogens (tertiary/aromatic N) is 1. The Morgan fingerprint density at radius 3 is 2.54 bits per heavy atom. The van der Waals surface area contributed by atoms with Crippen molar-refractivity contribution in [2.75, 3.05) is 0 Å². The van der Waals surface area contributed by atoms with Crippen LogP contribution < -0.4 is 0 Å². The molecule has 24 heavy (non-hydrogen) atoms. The van der Waals surface area contributed by atoms with Crippen molar-refractivity contribution in [1.29, 1.82) is 0 Å². The van der Waals surface area contributed by atoms with Crippen molar-refractivity contribution in [2.45, 2.75) is 6.54 Å². The molecule has 1 aromatic heterocycles. The first-order valence-corrected chi connectivity index (χ1v) is 8.52. The molecule has 0 radical (unpaired) electrons. The van der Waals surface area contributed by atoms with E-state index >= 15 is 0 Å². The molecule has 3 rings (SSSR count). The number of amides is 2. The number of hydrogen-bond acceptors (Lipinski definition) is 4. The predicted molar refractivity (Wildman–Crippen MR) is 95.8 cm³/mol. The van der Waals surface area contributed by atoms with Crippen molar-refractivity contribution >= 4 is 52.2 Å². The van der Waals surface area contributed by atoms with Crippen LogP contribution in [0.5, 0.6) is 0 Å². The zero-order chi connectivity index (χ0) is 17.1. The first-order valence-electron chi connectivity index (χ1n) is 6.94. The average Bonchev–Trinajstić information content (AvgIpc) is 3.14. The summed E-state index contributed by atoms with van der Waals surface area (Å²) in [5.41, 5.74) is 0.551. The molecule has 0 aliphatic carbocycles. The largest absolute Gasteiger partial charge is 0.465 e. The highest BCUT2D eigenvalue weighted by Crippen LogP contribution is 2.34. The number of carbonyl (C=O) groups is 2. The molecule has 1 fully saturated rings. The number of halogens is 2. The van der Waals surface area contributed by atoms with E-state index in [0.29, 0.717) is 26.3 Å². The summed E-state index contributed by atoms with van der Waals surface area (Å²) in [4.78, 5) is 26.0. The second-order valence-corrected chi connectivity index (χ2v) is 6.67. The van der Waals surface area contributed by atoms with Gasteiger partial charge in [0.25, 0.3) is 11.1 Å². The van der Waals surface area contributed by atoms with Gasteiger partial charge in [0.1, 0.15) is 5.76 Å². The lowest BCUT2D eigenvalue weighted by atomic mass is 10.2. The van der Waals surface area contributed by atoms with Gasteiger partial charge in [-0.15, -0.1) is 0 Å². The summed E-state index contributed by atoms with van der Waals surface area (Å²) < 4.78 is 5.16. The Morgan fingerprint density at radius 1 is 1.12 bits per heavy atom. The van der Waals surface area contributed by atoms with E-state index in [1.165, 1.54) is 0 Å². The van der Waals surface area contributed by atoms with Crippen molar-refractivity contribution in [2.24, 2.45) is 0 Å². The lowest BCUT2D eigenvalue weighted by Gasteiger charge is -2.14. The Hall–Kier alpha value is -1.95. The maximum absolute atomic E-state index is 12.4. The van der Waals surface area contributed by atoms with Crippen LogP contribution in [0.4, 0.5) is 4.79 Å². The number of hydrogen-bond donors (Lipinski definition) is 0. The SMILES string of the molecule is O=C1S/C(=C\C=C\c2ccco2)C(=O)N1Cc1c(Cl)cccc1Cl. The van der Waals surface area contributed by atoms with E-state index < -0.39 is 0 Å². The van der Waals surface area contributed by atoms with Gasteiger partial charge in [0.15, 0.2) is 0 Å². The number of carbonyl (C=O) groups excluding carboxylic acids is 2. The minimum Gasteiger partial charge on any atom is -0.465 e. The monoisotopic (exact) mass is 379 g/mol. The molecule has 1 aliphatic rings. The normalized spacial score (nSPS) is 16.8. The first kappa shape index (κ1) is 16.9. The molecule has 2 heterocycles. The summed E-state index contributed by atoms with van der Waals surface area (Å²) in [7, 11) is 0. The number of benzene rings is 1. The number of furan rings is 1. The van der Waals surface area contributed by atoms with Crippen LogP contribution >= 0.6 is 35.0 Å². The molecule has 0 N–H and O–H groups in total. The highest BCUT2D eigenvalue weighted by atomic mass is 35.5. The zero-order valence-corrected chi connectivity index (χ0v) is 14.6. The Labute approximate surface area is 152 Å². The third kappa shape index (κ3) is 3.59. The van der Waals surface area contributed by atoms with Crippen LogP contribution in [0.25, 0.3) is 6.08 Å². The summed E-state index contributed by atoms with van der Waals surface area (Å²) in [6, 6.07) is 8.60. The molecule has 0 unspecified atom stereocenters. The summed E-state index contributed by atoms with van der Waals surface area (Å²) >= 11 is 13.1. The van der Waals surface area contributed by atoms with E-state index in [2.05, 4.69) is 0 Å². The summed E-state index contributed by atoms with van der Waals surface area (Å²) in [5, 5.41) is 0.486. The predicted octanol–water partition coefficient (Wildman–Crippen LogP) is 5.38. The molecule has 1 aliphatic heterocycles. The summed E-state index contributed by atoms with van der Waals surface area (Å²) in [6.07, 6.45) is 6.51. The molecular weight excluding hydrogens is 369 g/mol. The van der Waals surface area contributed by atoms with Crippen molar-refractivity contribution < 1.29 is 14.0 Å². The molecule has 1 aromatic carbocycles. The Bertz CT molecular complexity index is 823. The molecule has 4 nitrogen and oxygen atoms in total. The fourth-order valence-electron chi connectivity index (χ4n) is 2.11. The molecule has 7 heteroatoms. The first-order chi connectivity index (χ1) is 11.6. The molecule has 122 valence electrons. The van der Waals surface area contributed by atoms with Crippen LogP contribution in [-0.2, 0) is 11.3 Å². The second kappa shape index (κ2) is 7.30. The zero-order valence-electron chi connectivity index (χ0n) is 12.2. The Kier molecular flexibility index (Phi) is 5.14. The van der Waals surface area contributed by atoms with Crippen molar-refractivity contribution in [3.05, 3.63) is 75.0 Å². The van der Waals surface area contributed by atoms with E-state index in [0.717, 1.165) is 16.7 Å². The molecule has 2 aromatic rings. The minimum atomic E-state index is -0.370. The summed E-state index contributed by atoms with van der Waals surface area (Å²) in [5.74, 6) is 0.290. The fraction of sp³-hybridized carbons (Fsp3) is 0.0588. The van der Waals surface area contributed by atoms with E-state index in [1.54, 1.807) is 54.8 Å². The average molecular weight is 380 g/mol. The molecule has 0 spiro atoms.